The molecule has 0 atom stereocenters. The highest BCUT2D eigenvalue weighted by atomic mass is 32.2. The van der Waals surface area contributed by atoms with E-state index in [9.17, 15) is 13.6 Å². The average molecular weight is 300 g/mol. The van der Waals surface area contributed by atoms with Crippen molar-refractivity contribution < 1.29 is 22.7 Å². The minimum absolute atomic E-state index is 0.0241. The Morgan fingerprint density at radius 1 is 1.45 bits per heavy atom. The lowest BCUT2D eigenvalue weighted by molar-refractivity contribution is 0.0519. The maximum atomic E-state index is 13.6. The number of nitrogens with zero attached hydrogens (tertiary/aromatic N) is 1. The maximum Gasteiger partial charge on any atom is 0.360 e. The summed E-state index contributed by atoms with van der Waals surface area (Å²) < 4.78 is 36.8. The normalized spacial score (nSPS) is 10.6. The van der Waals surface area contributed by atoms with Crippen LogP contribution in [-0.4, -0.2) is 17.6 Å². The lowest BCUT2D eigenvalue weighted by Gasteiger charge is -2.02. The number of halogens is 2. The van der Waals surface area contributed by atoms with Gasteiger partial charge in [0.1, 0.15) is 17.9 Å². The number of hydrogen-bond acceptors (Lipinski definition) is 6. The van der Waals surface area contributed by atoms with Crippen molar-refractivity contribution in [3.63, 3.8) is 0 Å². The molecule has 0 amide bonds. The number of nitrogens with two attached hydrogens (primary N) is 1. The van der Waals surface area contributed by atoms with Crippen LogP contribution in [0.5, 0.6) is 0 Å². The highest BCUT2D eigenvalue weighted by molar-refractivity contribution is 7.99. The zero-order chi connectivity index (χ0) is 14.7. The van der Waals surface area contributed by atoms with Gasteiger partial charge in [0.25, 0.3) is 5.22 Å². The Hall–Kier alpha value is -2.09. The highest BCUT2D eigenvalue weighted by Crippen LogP contribution is 2.32. The Balaban J connectivity index is 2.21. The van der Waals surface area contributed by atoms with Crippen LogP contribution in [0.1, 0.15) is 17.4 Å². The molecule has 2 aromatic rings. The molecule has 1 aromatic heterocycles. The average Bonchev–Trinajstić information content (AvgIpc) is 2.82. The second kappa shape index (κ2) is 5.91. The van der Waals surface area contributed by atoms with E-state index in [1.54, 1.807) is 6.92 Å². The zero-order valence-corrected chi connectivity index (χ0v) is 11.2. The van der Waals surface area contributed by atoms with Crippen molar-refractivity contribution in [3.05, 3.63) is 35.7 Å². The van der Waals surface area contributed by atoms with Crippen molar-refractivity contribution in [1.29, 1.82) is 0 Å². The fourth-order valence-electron chi connectivity index (χ4n) is 1.37. The molecule has 8 heteroatoms. The summed E-state index contributed by atoms with van der Waals surface area (Å²) in [4.78, 5) is 14.8. The smallest absolute Gasteiger partial charge is 0.360 e. The molecule has 0 spiro atoms. The van der Waals surface area contributed by atoms with Gasteiger partial charge in [0, 0.05) is 5.69 Å². The standard InChI is InChI=1S/C12H10F2N2O3S/c1-2-18-11(17)9-5-19-12(16-9)20-10-7(13)3-6(15)4-8(10)14/h3-5H,2,15H2,1H3. The molecular weight excluding hydrogens is 290 g/mol. The first-order valence-corrected chi connectivity index (χ1v) is 6.38. The van der Waals surface area contributed by atoms with Crippen LogP contribution in [0.3, 0.4) is 0 Å². The predicted octanol–water partition coefficient (Wildman–Crippen LogP) is 2.86. The molecule has 2 N–H and O–H groups in total. The van der Waals surface area contributed by atoms with E-state index >= 15 is 0 Å². The lowest BCUT2D eigenvalue weighted by atomic mass is 10.3. The van der Waals surface area contributed by atoms with Crippen molar-refractivity contribution in [3.8, 4) is 0 Å². The van der Waals surface area contributed by atoms with Crippen LogP contribution in [0, 0.1) is 11.6 Å². The third-order valence-corrected chi connectivity index (χ3v) is 3.13. The van der Waals surface area contributed by atoms with Crippen LogP contribution in [0.2, 0.25) is 0 Å². The fraction of sp³-hybridized carbons (Fsp3) is 0.167. The number of benzene rings is 1. The molecule has 0 saturated heterocycles. The summed E-state index contributed by atoms with van der Waals surface area (Å²) in [6, 6.07) is 1.97. The van der Waals surface area contributed by atoms with Crippen LogP contribution < -0.4 is 5.73 Å². The van der Waals surface area contributed by atoms with Crippen molar-refractivity contribution in [2.45, 2.75) is 17.0 Å². The Morgan fingerprint density at radius 2 is 2.10 bits per heavy atom. The number of nitrogen functional groups attached to an aromatic ring is 1. The Kier molecular flexibility index (Phi) is 4.23. The van der Waals surface area contributed by atoms with Gasteiger partial charge in [-0.1, -0.05) is 0 Å². The van der Waals surface area contributed by atoms with Gasteiger partial charge in [-0.25, -0.2) is 13.6 Å². The van der Waals surface area contributed by atoms with Gasteiger partial charge in [0.15, 0.2) is 5.69 Å². The third kappa shape index (κ3) is 3.08. The highest BCUT2D eigenvalue weighted by Gasteiger charge is 2.18. The van der Waals surface area contributed by atoms with E-state index in [1.165, 1.54) is 0 Å². The Bertz CT molecular complexity index is 622. The summed E-state index contributed by atoms with van der Waals surface area (Å²) in [5, 5.41) is -0.0735. The van der Waals surface area contributed by atoms with Gasteiger partial charge in [0.2, 0.25) is 0 Å². The molecule has 5 nitrogen and oxygen atoms in total. The number of carbonyl (C=O) groups is 1. The van der Waals surface area contributed by atoms with E-state index in [-0.39, 0.29) is 28.1 Å². The van der Waals surface area contributed by atoms with Crippen molar-refractivity contribution in [2.75, 3.05) is 12.3 Å². The van der Waals surface area contributed by atoms with Gasteiger partial charge < -0.3 is 14.9 Å². The molecule has 1 aromatic carbocycles. The van der Waals surface area contributed by atoms with Gasteiger partial charge in [-0.2, -0.15) is 4.98 Å². The van der Waals surface area contributed by atoms with Crippen molar-refractivity contribution in [2.24, 2.45) is 0 Å². The number of oxazole rings is 1. The van der Waals surface area contributed by atoms with E-state index in [4.69, 9.17) is 14.9 Å². The van der Waals surface area contributed by atoms with Crippen LogP contribution in [0.25, 0.3) is 0 Å². The van der Waals surface area contributed by atoms with E-state index in [1.807, 2.05) is 0 Å². The number of anilines is 1. The van der Waals surface area contributed by atoms with Crippen molar-refractivity contribution >= 4 is 23.4 Å². The number of rotatable bonds is 4. The molecule has 0 radical (unpaired) electrons. The Labute approximate surface area is 117 Å². The number of esters is 1. The van der Waals surface area contributed by atoms with Gasteiger partial charge in [-0.3, -0.25) is 0 Å². The topological polar surface area (TPSA) is 78.3 Å². The summed E-state index contributed by atoms with van der Waals surface area (Å²) in [7, 11) is 0. The first-order valence-electron chi connectivity index (χ1n) is 5.56. The monoisotopic (exact) mass is 300 g/mol. The lowest BCUT2D eigenvalue weighted by Crippen LogP contribution is -2.04. The second-order valence-corrected chi connectivity index (χ2v) is 4.60. The second-order valence-electron chi connectivity index (χ2n) is 3.63. The quantitative estimate of drug-likeness (QED) is 0.691. The van der Waals surface area contributed by atoms with Crippen LogP contribution in [0.4, 0.5) is 14.5 Å². The summed E-state index contributed by atoms with van der Waals surface area (Å²) in [5.74, 6) is -2.33. The van der Waals surface area contributed by atoms with Crippen LogP contribution >= 0.6 is 11.8 Å². The van der Waals surface area contributed by atoms with Gasteiger partial charge in [-0.15, -0.1) is 0 Å². The number of ether oxygens (including phenoxy) is 1. The molecule has 0 bridgehead atoms. The van der Waals surface area contributed by atoms with Gasteiger partial charge >= 0.3 is 5.97 Å². The SMILES string of the molecule is CCOC(=O)c1coc(Sc2c(F)cc(N)cc2F)n1. The maximum absolute atomic E-state index is 13.6. The fourth-order valence-corrected chi connectivity index (χ4v) is 2.09. The zero-order valence-electron chi connectivity index (χ0n) is 10.4. The molecule has 2 rings (SSSR count). The molecule has 20 heavy (non-hydrogen) atoms. The molecule has 0 aliphatic heterocycles. The molecule has 0 aliphatic carbocycles. The van der Waals surface area contributed by atoms with Crippen LogP contribution in [0.15, 0.2) is 32.9 Å². The number of carbonyl (C=O) groups excluding carboxylic acids is 1. The van der Waals surface area contributed by atoms with Crippen LogP contribution in [-0.2, 0) is 4.74 Å². The first-order chi connectivity index (χ1) is 9.51. The first kappa shape index (κ1) is 14.3. The molecule has 0 fully saturated rings. The van der Waals surface area contributed by atoms with E-state index < -0.39 is 17.6 Å². The van der Waals surface area contributed by atoms with Gasteiger partial charge in [0.05, 0.1) is 11.5 Å². The van der Waals surface area contributed by atoms with E-state index in [2.05, 4.69) is 4.98 Å². The predicted molar refractivity (Wildman–Crippen MR) is 67.4 cm³/mol. The summed E-state index contributed by atoms with van der Waals surface area (Å²) in [6.45, 7) is 1.84. The molecule has 0 saturated carbocycles. The molecule has 0 unspecified atom stereocenters. The minimum atomic E-state index is -0.830. The van der Waals surface area contributed by atoms with E-state index in [0.717, 1.165) is 18.4 Å². The molecule has 0 aliphatic rings. The minimum Gasteiger partial charge on any atom is -0.461 e. The Morgan fingerprint density at radius 3 is 2.70 bits per heavy atom. The van der Waals surface area contributed by atoms with Gasteiger partial charge in [-0.05, 0) is 30.8 Å². The number of hydrogen-bond donors (Lipinski definition) is 1. The van der Waals surface area contributed by atoms with E-state index in [0.29, 0.717) is 11.8 Å². The summed E-state index contributed by atoms with van der Waals surface area (Å²) >= 11 is 0.615. The summed E-state index contributed by atoms with van der Waals surface area (Å²) in [6.07, 6.45) is 1.06. The molecule has 1 heterocycles. The number of aromatic nitrogens is 1. The molecule has 106 valence electrons. The largest absolute Gasteiger partial charge is 0.461 e. The van der Waals surface area contributed by atoms with Crippen molar-refractivity contribution in [1.82, 2.24) is 4.98 Å². The summed E-state index contributed by atoms with van der Waals surface area (Å²) in [5.41, 5.74) is 5.22. The third-order valence-electron chi connectivity index (χ3n) is 2.18. The molecular formula is C12H10F2N2O3S.